The lowest BCUT2D eigenvalue weighted by Crippen LogP contribution is -2.39. The zero-order valence-corrected chi connectivity index (χ0v) is 17.2. The number of nitrogens with one attached hydrogen (secondary N) is 1. The van der Waals surface area contributed by atoms with Crippen LogP contribution >= 0.6 is 24.8 Å². The molecule has 2 fully saturated rings. The number of rotatable bonds is 4. The molecule has 0 spiro atoms. The van der Waals surface area contributed by atoms with Gasteiger partial charge in [-0.05, 0) is 26.2 Å². The van der Waals surface area contributed by atoms with Crippen molar-refractivity contribution in [3.63, 3.8) is 0 Å². The summed E-state index contributed by atoms with van der Waals surface area (Å²) in [6.07, 6.45) is 4.53. The molecule has 1 amide bonds. The first-order valence-electron chi connectivity index (χ1n) is 9.24. The summed E-state index contributed by atoms with van der Waals surface area (Å²) in [4.78, 5) is 19.1. The van der Waals surface area contributed by atoms with Crippen LogP contribution in [0.15, 0.2) is 34.7 Å². The Hall–Kier alpha value is -1.56. The van der Waals surface area contributed by atoms with Gasteiger partial charge in [0, 0.05) is 43.6 Å². The van der Waals surface area contributed by atoms with Gasteiger partial charge in [0.2, 0.25) is 5.91 Å². The summed E-state index contributed by atoms with van der Waals surface area (Å²) in [5, 5.41) is 3.62. The summed E-state index contributed by atoms with van der Waals surface area (Å²) >= 11 is 0. The van der Waals surface area contributed by atoms with Crippen LogP contribution in [-0.4, -0.2) is 41.0 Å². The van der Waals surface area contributed by atoms with Gasteiger partial charge >= 0.3 is 0 Å². The second kappa shape index (κ2) is 9.58. The third-order valence-electron chi connectivity index (χ3n) is 5.31. The van der Waals surface area contributed by atoms with E-state index in [2.05, 4.69) is 10.3 Å². The molecule has 27 heavy (non-hydrogen) atoms. The van der Waals surface area contributed by atoms with Crippen molar-refractivity contribution in [2.75, 3.05) is 13.1 Å². The summed E-state index contributed by atoms with van der Waals surface area (Å²) < 4.78 is 5.92. The van der Waals surface area contributed by atoms with Crippen LogP contribution < -0.4 is 5.32 Å². The fraction of sp³-hybridized carbons (Fsp3) is 0.500. The lowest BCUT2D eigenvalue weighted by molar-refractivity contribution is -0.131. The van der Waals surface area contributed by atoms with Gasteiger partial charge in [0.15, 0.2) is 11.7 Å². The molecule has 0 aliphatic carbocycles. The molecule has 2 bridgehead atoms. The van der Waals surface area contributed by atoms with Crippen molar-refractivity contribution >= 4 is 30.7 Å². The van der Waals surface area contributed by atoms with Gasteiger partial charge in [0.05, 0.1) is 5.69 Å². The summed E-state index contributed by atoms with van der Waals surface area (Å²) in [6.45, 7) is 3.66. The molecule has 0 saturated carbocycles. The van der Waals surface area contributed by atoms with Crippen LogP contribution in [0, 0.1) is 6.92 Å². The molecule has 2 unspecified atom stereocenters. The minimum absolute atomic E-state index is 0. The van der Waals surface area contributed by atoms with Crippen LogP contribution in [0.1, 0.15) is 37.3 Å². The first-order chi connectivity index (χ1) is 12.2. The lowest BCUT2D eigenvalue weighted by Gasteiger charge is -2.24. The minimum Gasteiger partial charge on any atom is -0.440 e. The molecular weight excluding hydrogens is 385 g/mol. The number of benzene rings is 1. The Morgan fingerprint density at radius 3 is 2.70 bits per heavy atom. The number of aryl methyl sites for hydroxylation is 2. The molecule has 2 aliphatic heterocycles. The van der Waals surface area contributed by atoms with Crippen LogP contribution in [0.3, 0.4) is 0 Å². The fourth-order valence-corrected chi connectivity index (χ4v) is 3.96. The molecular formula is C20H27Cl2N3O2. The van der Waals surface area contributed by atoms with Crippen LogP contribution in [-0.2, 0) is 11.2 Å². The predicted octanol–water partition coefficient (Wildman–Crippen LogP) is 3.78. The highest BCUT2D eigenvalue weighted by atomic mass is 35.5. The minimum atomic E-state index is 0. The van der Waals surface area contributed by atoms with Gasteiger partial charge in [0.25, 0.3) is 0 Å². The van der Waals surface area contributed by atoms with E-state index < -0.39 is 0 Å². The van der Waals surface area contributed by atoms with E-state index in [4.69, 9.17) is 4.42 Å². The standard InChI is InChI=1S/C20H25N3O2.2ClH/c1-14-20(15-5-3-2-4-6-15)25-18(21-14)9-10-19(24)23-12-11-16-7-8-17(13-23)22-16;;/h2-6,16-17,22H,7-13H2,1H3;2*1H. The van der Waals surface area contributed by atoms with Gasteiger partial charge in [-0.25, -0.2) is 4.98 Å². The highest BCUT2D eigenvalue weighted by molar-refractivity contribution is 5.85. The molecule has 2 saturated heterocycles. The Morgan fingerprint density at radius 1 is 1.19 bits per heavy atom. The Kier molecular flexibility index (Phi) is 7.71. The van der Waals surface area contributed by atoms with E-state index in [0.29, 0.717) is 30.8 Å². The Bertz CT molecular complexity index is 751. The zero-order valence-electron chi connectivity index (χ0n) is 15.5. The zero-order chi connectivity index (χ0) is 17.2. The highest BCUT2D eigenvalue weighted by Crippen LogP contribution is 2.25. The number of aromatic nitrogens is 1. The maximum atomic E-state index is 12.6. The van der Waals surface area contributed by atoms with E-state index in [1.807, 2.05) is 42.2 Å². The number of hydrogen-bond acceptors (Lipinski definition) is 4. The van der Waals surface area contributed by atoms with E-state index in [0.717, 1.165) is 36.5 Å². The molecule has 2 aliphatic rings. The van der Waals surface area contributed by atoms with Crippen molar-refractivity contribution in [2.45, 2.75) is 51.1 Å². The molecule has 2 aromatic rings. The van der Waals surface area contributed by atoms with Crippen molar-refractivity contribution in [2.24, 2.45) is 0 Å². The highest BCUT2D eigenvalue weighted by Gasteiger charge is 2.31. The van der Waals surface area contributed by atoms with E-state index in [-0.39, 0.29) is 30.7 Å². The largest absolute Gasteiger partial charge is 0.440 e. The van der Waals surface area contributed by atoms with Gasteiger partial charge in [-0.3, -0.25) is 4.79 Å². The third kappa shape index (κ3) is 5.03. The molecule has 7 heteroatoms. The molecule has 3 heterocycles. The summed E-state index contributed by atoms with van der Waals surface area (Å²) in [6, 6.07) is 11.1. The van der Waals surface area contributed by atoms with Gasteiger partial charge in [-0.2, -0.15) is 0 Å². The molecule has 148 valence electrons. The van der Waals surface area contributed by atoms with Crippen LogP contribution in [0.2, 0.25) is 0 Å². The number of carbonyl (C=O) groups excluding carboxylic acids is 1. The number of hydrogen-bond donors (Lipinski definition) is 1. The van der Waals surface area contributed by atoms with Gasteiger partial charge in [0.1, 0.15) is 0 Å². The quantitative estimate of drug-likeness (QED) is 0.831. The Labute approximate surface area is 172 Å². The second-order valence-electron chi connectivity index (χ2n) is 7.15. The SMILES string of the molecule is Cc1nc(CCC(=O)N2CCC3CCC(C2)N3)oc1-c1ccccc1.Cl.Cl. The third-order valence-corrected chi connectivity index (χ3v) is 5.31. The van der Waals surface area contributed by atoms with E-state index in [1.54, 1.807) is 0 Å². The number of halogens is 2. The van der Waals surface area contributed by atoms with Crippen LogP contribution in [0.4, 0.5) is 0 Å². The van der Waals surface area contributed by atoms with Gasteiger partial charge < -0.3 is 14.6 Å². The normalized spacial score (nSPS) is 21.1. The molecule has 4 rings (SSSR count). The number of oxazole rings is 1. The number of carbonyl (C=O) groups is 1. The summed E-state index contributed by atoms with van der Waals surface area (Å²) in [5.74, 6) is 1.67. The van der Waals surface area contributed by atoms with E-state index >= 15 is 0 Å². The first-order valence-corrected chi connectivity index (χ1v) is 9.24. The molecule has 1 N–H and O–H groups in total. The number of nitrogens with zero attached hydrogens (tertiary/aromatic N) is 2. The Balaban J connectivity index is 0.00000131. The lowest BCUT2D eigenvalue weighted by atomic mass is 10.1. The van der Waals surface area contributed by atoms with Crippen molar-refractivity contribution in [1.29, 1.82) is 0 Å². The van der Waals surface area contributed by atoms with Crippen molar-refractivity contribution in [3.05, 3.63) is 41.9 Å². The summed E-state index contributed by atoms with van der Waals surface area (Å²) in [5.41, 5.74) is 1.91. The maximum Gasteiger partial charge on any atom is 0.223 e. The first kappa shape index (κ1) is 21.7. The average molecular weight is 412 g/mol. The topological polar surface area (TPSA) is 58.4 Å². The smallest absolute Gasteiger partial charge is 0.223 e. The van der Waals surface area contributed by atoms with E-state index in [9.17, 15) is 4.79 Å². The van der Waals surface area contributed by atoms with Gasteiger partial charge in [-0.15, -0.1) is 24.8 Å². The summed E-state index contributed by atoms with van der Waals surface area (Å²) in [7, 11) is 0. The van der Waals surface area contributed by atoms with Gasteiger partial charge in [-0.1, -0.05) is 30.3 Å². The number of likely N-dealkylation sites (tertiary alicyclic amines) is 1. The van der Waals surface area contributed by atoms with E-state index in [1.165, 1.54) is 12.8 Å². The average Bonchev–Trinajstić information content (AvgIpc) is 3.15. The fourth-order valence-electron chi connectivity index (χ4n) is 3.96. The Morgan fingerprint density at radius 2 is 1.93 bits per heavy atom. The molecule has 0 radical (unpaired) electrons. The molecule has 1 aromatic heterocycles. The number of fused-ring (bicyclic) bond motifs is 2. The van der Waals surface area contributed by atoms with Crippen LogP contribution in [0.5, 0.6) is 0 Å². The van der Waals surface area contributed by atoms with Crippen molar-refractivity contribution in [1.82, 2.24) is 15.2 Å². The second-order valence-corrected chi connectivity index (χ2v) is 7.15. The molecule has 5 nitrogen and oxygen atoms in total. The molecule has 2 atom stereocenters. The molecule has 1 aromatic carbocycles. The van der Waals surface area contributed by atoms with Crippen molar-refractivity contribution in [3.8, 4) is 11.3 Å². The monoisotopic (exact) mass is 411 g/mol. The maximum absolute atomic E-state index is 12.6. The predicted molar refractivity (Wildman–Crippen MR) is 111 cm³/mol. The number of amides is 1. The van der Waals surface area contributed by atoms with Crippen molar-refractivity contribution < 1.29 is 9.21 Å². The van der Waals surface area contributed by atoms with Crippen LogP contribution in [0.25, 0.3) is 11.3 Å².